The second-order valence-electron chi connectivity index (χ2n) is 7.02. The molecule has 5 heteroatoms. The number of nitrogens with one attached hydrogen (secondary N) is 2. The fourth-order valence-corrected chi connectivity index (χ4v) is 2.84. The van der Waals surface area contributed by atoms with Gasteiger partial charge in [-0.2, -0.15) is 0 Å². The molecule has 1 saturated carbocycles. The highest BCUT2D eigenvalue weighted by molar-refractivity contribution is 5.68. The van der Waals surface area contributed by atoms with E-state index in [1.54, 1.807) is 0 Å². The van der Waals surface area contributed by atoms with Gasteiger partial charge in [-0.15, -0.1) is 0 Å². The monoisotopic (exact) mass is 305 g/mol. The van der Waals surface area contributed by atoms with Crippen LogP contribution >= 0.6 is 0 Å². The van der Waals surface area contributed by atoms with Crippen LogP contribution in [0, 0.1) is 0 Å². The zero-order valence-corrected chi connectivity index (χ0v) is 13.9. The van der Waals surface area contributed by atoms with Crippen molar-refractivity contribution in [3.8, 4) is 0 Å². The molecule has 2 N–H and O–H groups in total. The van der Waals surface area contributed by atoms with Gasteiger partial charge in [-0.05, 0) is 64.7 Å². The molecule has 2 rings (SSSR count). The van der Waals surface area contributed by atoms with Gasteiger partial charge in [0.2, 0.25) is 0 Å². The largest absolute Gasteiger partial charge is 0.444 e. The minimum Gasteiger partial charge on any atom is -0.444 e. The summed E-state index contributed by atoms with van der Waals surface area (Å²) in [6.45, 7) is 7.79. The number of ether oxygens (including phenoxy) is 1. The number of alkyl carbamates (subject to hydrolysis) is 1. The molecule has 1 aromatic rings. The van der Waals surface area contributed by atoms with E-state index >= 15 is 0 Å². The molecular weight excluding hydrogens is 278 g/mol. The maximum absolute atomic E-state index is 11.8. The van der Waals surface area contributed by atoms with Gasteiger partial charge in [0.25, 0.3) is 0 Å². The second-order valence-corrected chi connectivity index (χ2v) is 7.02. The van der Waals surface area contributed by atoms with Gasteiger partial charge in [0, 0.05) is 30.5 Å². The number of rotatable bonds is 4. The number of amides is 1. The highest BCUT2D eigenvalue weighted by Gasteiger charge is 2.28. The van der Waals surface area contributed by atoms with Crippen LogP contribution in [0.15, 0.2) is 24.5 Å². The molecule has 1 heterocycles. The molecule has 1 aliphatic rings. The van der Waals surface area contributed by atoms with Crippen molar-refractivity contribution in [3.05, 3.63) is 30.1 Å². The van der Waals surface area contributed by atoms with E-state index in [1.165, 1.54) is 5.56 Å². The maximum atomic E-state index is 11.8. The Labute approximate surface area is 132 Å². The second kappa shape index (κ2) is 7.09. The molecule has 0 spiro atoms. The first-order chi connectivity index (χ1) is 10.3. The van der Waals surface area contributed by atoms with Crippen LogP contribution in [0.3, 0.4) is 0 Å². The zero-order chi connectivity index (χ0) is 16.2. The molecule has 0 aliphatic heterocycles. The number of aromatic nitrogens is 1. The minimum absolute atomic E-state index is 0.192. The zero-order valence-electron chi connectivity index (χ0n) is 13.9. The summed E-state index contributed by atoms with van der Waals surface area (Å²) in [5.74, 6) is 0. The average Bonchev–Trinajstić information content (AvgIpc) is 2.84. The molecule has 22 heavy (non-hydrogen) atoms. The van der Waals surface area contributed by atoms with Gasteiger partial charge < -0.3 is 15.4 Å². The number of carbonyl (C=O) groups is 1. The highest BCUT2D eigenvalue weighted by atomic mass is 16.6. The summed E-state index contributed by atoms with van der Waals surface area (Å²) < 4.78 is 5.31. The third kappa shape index (κ3) is 5.30. The number of pyridine rings is 1. The third-order valence-corrected chi connectivity index (χ3v) is 3.85. The summed E-state index contributed by atoms with van der Waals surface area (Å²) in [7, 11) is 0. The lowest BCUT2D eigenvalue weighted by Crippen LogP contribution is -2.39. The Kier molecular flexibility index (Phi) is 5.40. The molecule has 0 bridgehead atoms. The van der Waals surface area contributed by atoms with E-state index in [0.717, 1.165) is 19.3 Å². The van der Waals surface area contributed by atoms with Crippen LogP contribution in [0.25, 0.3) is 0 Å². The predicted octanol–water partition coefficient (Wildman–Crippen LogP) is 3.18. The molecule has 0 saturated heterocycles. The Hall–Kier alpha value is -1.62. The standard InChI is InChI=1S/C17H27N3O2/c1-12(13-7-9-18-10-8-13)19-14-5-6-15(11-14)20-16(21)22-17(2,3)4/h7-10,12,14-15,19H,5-6,11H2,1-4H3,(H,20,21)/t12-,14?,15?/m1/s1. The number of hydrogen-bond donors (Lipinski definition) is 2. The molecule has 2 unspecified atom stereocenters. The van der Waals surface area contributed by atoms with Gasteiger partial charge in [0.05, 0.1) is 0 Å². The Morgan fingerprint density at radius 3 is 2.55 bits per heavy atom. The minimum atomic E-state index is -0.448. The van der Waals surface area contributed by atoms with Crippen LogP contribution in [0.5, 0.6) is 0 Å². The van der Waals surface area contributed by atoms with Crippen molar-refractivity contribution in [3.63, 3.8) is 0 Å². The molecule has 3 atom stereocenters. The van der Waals surface area contributed by atoms with Gasteiger partial charge in [-0.25, -0.2) is 4.79 Å². The number of hydrogen-bond acceptors (Lipinski definition) is 4. The highest BCUT2D eigenvalue weighted by Crippen LogP contribution is 2.23. The van der Waals surface area contributed by atoms with Crippen molar-refractivity contribution in [1.82, 2.24) is 15.6 Å². The first-order valence-corrected chi connectivity index (χ1v) is 7.99. The Morgan fingerprint density at radius 1 is 1.27 bits per heavy atom. The van der Waals surface area contributed by atoms with Crippen molar-refractivity contribution < 1.29 is 9.53 Å². The number of carbonyl (C=O) groups excluding carboxylic acids is 1. The fraction of sp³-hybridized carbons (Fsp3) is 0.647. The summed E-state index contributed by atoms with van der Waals surface area (Å²) in [5.41, 5.74) is 0.787. The molecule has 5 nitrogen and oxygen atoms in total. The molecule has 1 aliphatic carbocycles. The normalized spacial score (nSPS) is 23.1. The lowest BCUT2D eigenvalue weighted by Gasteiger charge is -2.22. The quantitative estimate of drug-likeness (QED) is 0.897. The van der Waals surface area contributed by atoms with E-state index < -0.39 is 5.60 Å². The topological polar surface area (TPSA) is 63.2 Å². The van der Waals surface area contributed by atoms with Crippen molar-refractivity contribution in [1.29, 1.82) is 0 Å². The van der Waals surface area contributed by atoms with Gasteiger partial charge >= 0.3 is 6.09 Å². The first-order valence-electron chi connectivity index (χ1n) is 7.99. The lowest BCUT2D eigenvalue weighted by atomic mass is 10.1. The molecule has 0 radical (unpaired) electrons. The summed E-state index contributed by atoms with van der Waals surface area (Å²) in [6.07, 6.45) is 6.30. The fourth-order valence-electron chi connectivity index (χ4n) is 2.84. The van der Waals surface area contributed by atoms with Crippen molar-refractivity contribution >= 4 is 6.09 Å². The van der Waals surface area contributed by atoms with Gasteiger partial charge in [-0.3, -0.25) is 4.98 Å². The first kappa shape index (κ1) is 16.7. The van der Waals surface area contributed by atoms with Gasteiger partial charge in [0.15, 0.2) is 0 Å². The van der Waals surface area contributed by atoms with Gasteiger partial charge in [-0.1, -0.05) is 0 Å². The third-order valence-electron chi connectivity index (χ3n) is 3.85. The molecule has 122 valence electrons. The van der Waals surface area contributed by atoms with Crippen LogP contribution in [-0.2, 0) is 4.74 Å². The van der Waals surface area contributed by atoms with Crippen LogP contribution in [0.4, 0.5) is 4.79 Å². The average molecular weight is 305 g/mol. The lowest BCUT2D eigenvalue weighted by molar-refractivity contribution is 0.0505. The van der Waals surface area contributed by atoms with E-state index in [2.05, 4.69) is 22.5 Å². The van der Waals surface area contributed by atoms with Crippen LogP contribution in [-0.4, -0.2) is 28.8 Å². The van der Waals surface area contributed by atoms with Crippen molar-refractivity contribution in [2.24, 2.45) is 0 Å². The van der Waals surface area contributed by atoms with E-state index in [0.29, 0.717) is 6.04 Å². The molecule has 0 aromatic carbocycles. The summed E-state index contributed by atoms with van der Waals surface area (Å²) >= 11 is 0. The van der Waals surface area contributed by atoms with Crippen LogP contribution in [0.1, 0.15) is 58.6 Å². The molecular formula is C17H27N3O2. The van der Waals surface area contributed by atoms with E-state index in [4.69, 9.17) is 4.74 Å². The Bertz CT molecular complexity index is 484. The molecule has 1 amide bonds. The molecule has 1 fully saturated rings. The van der Waals surface area contributed by atoms with Crippen molar-refractivity contribution in [2.45, 2.75) is 70.7 Å². The Balaban J connectivity index is 1.77. The SMILES string of the molecule is C[C@@H](NC1CCC(NC(=O)OC(C)(C)C)C1)c1ccncc1. The predicted molar refractivity (Wildman–Crippen MR) is 86.6 cm³/mol. The summed E-state index contributed by atoms with van der Waals surface area (Å²) in [6, 6.07) is 4.96. The summed E-state index contributed by atoms with van der Waals surface area (Å²) in [5, 5.41) is 6.59. The van der Waals surface area contributed by atoms with Crippen LogP contribution < -0.4 is 10.6 Å². The summed E-state index contributed by atoms with van der Waals surface area (Å²) in [4.78, 5) is 15.8. The smallest absolute Gasteiger partial charge is 0.407 e. The molecule has 1 aromatic heterocycles. The van der Waals surface area contributed by atoms with E-state index in [1.807, 2.05) is 45.3 Å². The van der Waals surface area contributed by atoms with Crippen molar-refractivity contribution in [2.75, 3.05) is 0 Å². The van der Waals surface area contributed by atoms with E-state index in [-0.39, 0.29) is 18.2 Å². The van der Waals surface area contributed by atoms with Crippen LogP contribution in [0.2, 0.25) is 0 Å². The van der Waals surface area contributed by atoms with Gasteiger partial charge in [0.1, 0.15) is 5.60 Å². The number of nitrogens with zero attached hydrogens (tertiary/aromatic N) is 1. The van der Waals surface area contributed by atoms with E-state index in [9.17, 15) is 4.79 Å². The maximum Gasteiger partial charge on any atom is 0.407 e. The Morgan fingerprint density at radius 2 is 1.91 bits per heavy atom.